The molecule has 0 unspecified atom stereocenters. The van der Waals surface area contributed by atoms with E-state index in [9.17, 15) is 4.39 Å². The summed E-state index contributed by atoms with van der Waals surface area (Å²) in [6.07, 6.45) is 6.50. The van der Waals surface area contributed by atoms with Gasteiger partial charge in [0.2, 0.25) is 0 Å². The van der Waals surface area contributed by atoms with Crippen LogP contribution in [0.4, 0.5) is 10.2 Å². The van der Waals surface area contributed by atoms with E-state index in [4.69, 9.17) is 14.4 Å². The number of nitrogens with zero attached hydrogens (tertiary/aromatic N) is 5. The Kier molecular flexibility index (Phi) is 9.02. The summed E-state index contributed by atoms with van der Waals surface area (Å²) in [7, 11) is 0. The third-order valence-corrected chi connectivity index (χ3v) is 8.57. The highest BCUT2D eigenvalue weighted by atomic mass is 19.1. The Morgan fingerprint density at radius 2 is 1.38 bits per heavy atom. The maximum atomic E-state index is 14.1. The van der Waals surface area contributed by atoms with E-state index in [1.807, 2.05) is 6.20 Å². The molecule has 0 aliphatic rings. The van der Waals surface area contributed by atoms with E-state index in [0.29, 0.717) is 41.5 Å². The van der Waals surface area contributed by atoms with Gasteiger partial charge in [-0.3, -0.25) is 4.98 Å². The highest BCUT2D eigenvalue weighted by Gasteiger charge is 2.40. The number of fused-ring (bicyclic) bond motifs is 1. The third kappa shape index (κ3) is 6.08. The van der Waals surface area contributed by atoms with Crippen LogP contribution in [0.15, 0.2) is 132 Å². The number of hydrogen-bond acceptors (Lipinski definition) is 7. The Hall–Kier alpha value is -5.67. The molecule has 0 fully saturated rings. The molecule has 48 heavy (non-hydrogen) atoms. The van der Waals surface area contributed by atoms with Gasteiger partial charge in [0.25, 0.3) is 0 Å². The van der Waals surface area contributed by atoms with Crippen molar-refractivity contribution in [2.75, 3.05) is 18.4 Å². The van der Waals surface area contributed by atoms with Crippen molar-refractivity contribution in [3.05, 3.63) is 173 Å². The fourth-order valence-corrected chi connectivity index (χ4v) is 6.42. The van der Waals surface area contributed by atoms with Crippen molar-refractivity contribution < 1.29 is 8.81 Å². The average molecular weight is 638 g/mol. The van der Waals surface area contributed by atoms with Crippen molar-refractivity contribution in [1.29, 1.82) is 0 Å². The first kappa shape index (κ1) is 31.0. The lowest BCUT2D eigenvalue weighted by Gasteiger charge is -2.39. The molecule has 0 aliphatic heterocycles. The molecule has 240 valence electrons. The molecule has 2 N–H and O–H groups in total. The number of nitrogens with one attached hydrogen (secondary N) is 2. The van der Waals surface area contributed by atoms with Crippen molar-refractivity contribution >= 4 is 16.9 Å². The molecular formula is C39H36FN7O. The maximum Gasteiger partial charge on any atom is 0.196 e. The maximum absolute atomic E-state index is 14.1. The summed E-state index contributed by atoms with van der Waals surface area (Å²) in [5.41, 5.74) is 5.53. The molecule has 0 saturated carbocycles. The number of pyridine rings is 2. The molecule has 0 aliphatic carbocycles. The zero-order valence-corrected chi connectivity index (χ0v) is 26.7. The Balaban J connectivity index is 1.09. The highest BCUT2D eigenvalue weighted by Crippen LogP contribution is 2.42. The molecule has 4 aromatic heterocycles. The summed E-state index contributed by atoms with van der Waals surface area (Å²) in [6.45, 7) is 3.71. The summed E-state index contributed by atoms with van der Waals surface area (Å²) in [4.78, 5) is 18.1. The lowest BCUT2D eigenvalue weighted by atomic mass is 9.76. The quantitative estimate of drug-likeness (QED) is 0.103. The van der Waals surface area contributed by atoms with Gasteiger partial charge in [0.05, 0.1) is 12.2 Å². The second-order valence-corrected chi connectivity index (χ2v) is 11.6. The van der Waals surface area contributed by atoms with E-state index < -0.39 is 5.54 Å². The Morgan fingerprint density at radius 3 is 2.02 bits per heavy atom. The van der Waals surface area contributed by atoms with E-state index >= 15 is 0 Å². The fraction of sp³-hybridized carbons (Fsp3) is 0.179. The number of imidazole rings is 1. The van der Waals surface area contributed by atoms with Gasteiger partial charge in [0, 0.05) is 56.3 Å². The SMILES string of the molecule is Cc1cnc(CCNCCc2nc3c(NCc4ncccc4F)nccc3o2)n1C(c1ccccc1)(c1ccccc1)c1ccccc1. The predicted molar refractivity (Wildman–Crippen MR) is 185 cm³/mol. The molecular weight excluding hydrogens is 601 g/mol. The first-order valence-corrected chi connectivity index (χ1v) is 16.1. The zero-order valence-electron chi connectivity index (χ0n) is 26.7. The van der Waals surface area contributed by atoms with Crippen molar-refractivity contribution in [3.8, 4) is 0 Å². The number of anilines is 1. The molecule has 9 heteroatoms. The molecule has 0 atom stereocenters. The Bertz CT molecular complexity index is 2000. The molecule has 7 aromatic rings. The number of rotatable bonds is 13. The average Bonchev–Trinajstić information content (AvgIpc) is 3.73. The van der Waals surface area contributed by atoms with Crippen molar-refractivity contribution in [2.45, 2.75) is 31.8 Å². The lowest BCUT2D eigenvalue weighted by Crippen LogP contribution is -2.40. The van der Waals surface area contributed by atoms with Gasteiger partial charge in [-0.2, -0.15) is 0 Å². The van der Waals surface area contributed by atoms with E-state index in [1.165, 1.54) is 22.8 Å². The van der Waals surface area contributed by atoms with Crippen LogP contribution in [0.5, 0.6) is 0 Å². The fourth-order valence-electron chi connectivity index (χ4n) is 6.42. The first-order chi connectivity index (χ1) is 23.6. The predicted octanol–water partition coefficient (Wildman–Crippen LogP) is 7.09. The zero-order chi connectivity index (χ0) is 32.8. The monoisotopic (exact) mass is 637 g/mol. The smallest absolute Gasteiger partial charge is 0.196 e. The number of benzene rings is 3. The van der Waals surface area contributed by atoms with Crippen LogP contribution in [0.1, 0.15) is 39.8 Å². The van der Waals surface area contributed by atoms with Crippen molar-refractivity contribution in [1.82, 2.24) is 29.8 Å². The molecule has 0 radical (unpaired) electrons. The number of halogens is 1. The van der Waals surface area contributed by atoms with E-state index in [0.717, 1.165) is 24.5 Å². The second kappa shape index (κ2) is 14.0. The van der Waals surface area contributed by atoms with Gasteiger partial charge < -0.3 is 19.6 Å². The van der Waals surface area contributed by atoms with Crippen LogP contribution in [0, 0.1) is 12.7 Å². The van der Waals surface area contributed by atoms with Gasteiger partial charge in [-0.05, 0) is 35.7 Å². The van der Waals surface area contributed by atoms with Crippen LogP contribution in [0.3, 0.4) is 0 Å². The molecule has 0 spiro atoms. The first-order valence-electron chi connectivity index (χ1n) is 16.1. The molecule has 0 bridgehead atoms. The Morgan fingerprint density at radius 1 is 0.729 bits per heavy atom. The van der Waals surface area contributed by atoms with Gasteiger partial charge in [-0.15, -0.1) is 0 Å². The number of oxazole rings is 1. The van der Waals surface area contributed by atoms with Crippen LogP contribution in [-0.2, 0) is 24.9 Å². The largest absolute Gasteiger partial charge is 0.440 e. The van der Waals surface area contributed by atoms with Crippen LogP contribution < -0.4 is 10.6 Å². The van der Waals surface area contributed by atoms with Gasteiger partial charge >= 0.3 is 0 Å². The second-order valence-electron chi connectivity index (χ2n) is 11.6. The molecule has 7 rings (SSSR count). The van der Waals surface area contributed by atoms with Gasteiger partial charge in [0.15, 0.2) is 22.8 Å². The molecule has 3 aromatic carbocycles. The van der Waals surface area contributed by atoms with Gasteiger partial charge in [-0.1, -0.05) is 91.0 Å². The minimum Gasteiger partial charge on any atom is -0.440 e. The number of aromatic nitrogens is 5. The van der Waals surface area contributed by atoms with Crippen LogP contribution in [-0.4, -0.2) is 37.6 Å². The molecule has 8 nitrogen and oxygen atoms in total. The van der Waals surface area contributed by atoms with Crippen LogP contribution >= 0.6 is 0 Å². The summed E-state index contributed by atoms with van der Waals surface area (Å²) in [5, 5.41) is 6.71. The van der Waals surface area contributed by atoms with E-state index in [-0.39, 0.29) is 12.4 Å². The summed E-state index contributed by atoms with van der Waals surface area (Å²) >= 11 is 0. The summed E-state index contributed by atoms with van der Waals surface area (Å²) < 4.78 is 22.5. The summed E-state index contributed by atoms with van der Waals surface area (Å²) in [6, 6.07) is 36.8. The minimum absolute atomic E-state index is 0.192. The minimum atomic E-state index is -0.611. The van der Waals surface area contributed by atoms with E-state index in [2.05, 4.69) is 123 Å². The highest BCUT2D eigenvalue weighted by molar-refractivity contribution is 5.83. The van der Waals surface area contributed by atoms with Crippen LogP contribution in [0.25, 0.3) is 11.1 Å². The lowest BCUT2D eigenvalue weighted by molar-refractivity contribution is 0.475. The van der Waals surface area contributed by atoms with E-state index in [1.54, 1.807) is 24.5 Å². The van der Waals surface area contributed by atoms with Crippen molar-refractivity contribution in [3.63, 3.8) is 0 Å². The normalized spacial score (nSPS) is 11.6. The topological polar surface area (TPSA) is 93.7 Å². The van der Waals surface area contributed by atoms with Gasteiger partial charge in [0.1, 0.15) is 17.2 Å². The van der Waals surface area contributed by atoms with Crippen LogP contribution in [0.2, 0.25) is 0 Å². The number of hydrogen-bond donors (Lipinski definition) is 2. The number of aryl methyl sites for hydroxylation is 1. The molecule has 0 saturated heterocycles. The van der Waals surface area contributed by atoms with Gasteiger partial charge in [-0.25, -0.2) is 19.3 Å². The summed E-state index contributed by atoms with van der Waals surface area (Å²) in [5.74, 6) is 1.75. The van der Waals surface area contributed by atoms with Crippen molar-refractivity contribution in [2.24, 2.45) is 0 Å². The Labute approximate surface area is 278 Å². The standard InChI is InChI=1S/C39H36FN7O/c1-28-26-44-35(47(28)39(29-12-5-2-6-13-29,30-14-7-3-8-15-30)31-16-9-4-10-17-31)20-23-41-24-21-36-46-37-34(48-36)19-25-43-38(37)45-27-33-32(40)18-11-22-42-33/h2-19,22,25-26,41H,20-21,23-24,27H2,1H3,(H,43,45). The molecule has 0 amide bonds. The third-order valence-electron chi connectivity index (χ3n) is 8.57. The molecule has 4 heterocycles.